The predicted octanol–water partition coefficient (Wildman–Crippen LogP) is 3.27. The quantitative estimate of drug-likeness (QED) is 0.688. The summed E-state index contributed by atoms with van der Waals surface area (Å²) in [7, 11) is 0. The van der Waals surface area contributed by atoms with Crippen LogP contribution in [-0.4, -0.2) is 38.0 Å². The molecule has 2 fully saturated rings. The molecule has 0 aromatic rings. The van der Waals surface area contributed by atoms with E-state index in [2.05, 4.69) is 24.3 Å². The van der Waals surface area contributed by atoms with Crippen LogP contribution >= 0.6 is 0 Å². The molecule has 0 spiro atoms. The Morgan fingerprint density at radius 1 is 0.545 bits per heavy atom. The van der Waals surface area contributed by atoms with E-state index in [0.717, 1.165) is 22.3 Å². The van der Waals surface area contributed by atoms with E-state index in [1.165, 1.54) is 0 Å². The zero-order valence-electron chi connectivity index (χ0n) is 13.8. The summed E-state index contributed by atoms with van der Waals surface area (Å²) in [5, 5.41) is 0. The van der Waals surface area contributed by atoms with Crippen LogP contribution < -0.4 is 0 Å². The summed E-state index contributed by atoms with van der Waals surface area (Å²) >= 11 is 0. The van der Waals surface area contributed by atoms with Gasteiger partial charge in [0.25, 0.3) is 0 Å². The van der Waals surface area contributed by atoms with Gasteiger partial charge in [0.15, 0.2) is 11.6 Å². The molecule has 2 saturated heterocycles. The van der Waals surface area contributed by atoms with Gasteiger partial charge in [-0.15, -0.1) is 0 Å². The van der Waals surface area contributed by atoms with E-state index in [9.17, 15) is 0 Å². The molecule has 4 heteroatoms. The van der Waals surface area contributed by atoms with Crippen molar-refractivity contribution in [1.82, 2.24) is 0 Å². The number of ether oxygens (including phenoxy) is 4. The lowest BCUT2D eigenvalue weighted by Gasteiger charge is -2.22. The minimum absolute atomic E-state index is 0.550. The van der Waals surface area contributed by atoms with Gasteiger partial charge in [-0.2, -0.15) is 0 Å². The molecule has 0 saturated carbocycles. The van der Waals surface area contributed by atoms with E-state index in [0.29, 0.717) is 26.4 Å². The molecule has 0 bridgehead atoms. The van der Waals surface area contributed by atoms with Crippen LogP contribution in [0.25, 0.3) is 0 Å². The van der Waals surface area contributed by atoms with Crippen LogP contribution in [0.5, 0.6) is 0 Å². The fourth-order valence-corrected chi connectivity index (χ4v) is 2.48. The zero-order chi connectivity index (χ0) is 15.8. The maximum atomic E-state index is 5.81. The van der Waals surface area contributed by atoms with Gasteiger partial charge in [0.1, 0.15) is 0 Å². The van der Waals surface area contributed by atoms with Gasteiger partial charge in [0, 0.05) is 0 Å². The molecule has 0 aromatic heterocycles. The molecule has 1 aliphatic carbocycles. The minimum atomic E-state index is -0.552. The molecule has 0 atom stereocenters. The molecule has 2 aliphatic heterocycles. The van der Waals surface area contributed by atoms with Gasteiger partial charge in [0.2, 0.25) is 0 Å². The molecule has 0 unspecified atom stereocenters. The lowest BCUT2D eigenvalue weighted by Crippen LogP contribution is -2.27. The van der Waals surface area contributed by atoms with Crippen LogP contribution in [0.3, 0.4) is 0 Å². The molecule has 0 amide bonds. The number of hydrogen-bond donors (Lipinski definition) is 0. The Morgan fingerprint density at radius 3 is 1.00 bits per heavy atom. The maximum absolute atomic E-state index is 5.81. The second kappa shape index (κ2) is 5.78. The van der Waals surface area contributed by atoms with Crippen molar-refractivity contribution in [2.75, 3.05) is 26.4 Å². The number of allylic oxidation sites excluding steroid dienone is 4. The van der Waals surface area contributed by atoms with Crippen LogP contribution in [0.15, 0.2) is 46.6 Å². The summed E-state index contributed by atoms with van der Waals surface area (Å²) < 4.78 is 23.3. The van der Waals surface area contributed by atoms with Gasteiger partial charge in [-0.25, -0.2) is 0 Å². The molecule has 0 aromatic carbocycles. The summed E-state index contributed by atoms with van der Waals surface area (Å²) in [5.41, 5.74) is 4.60. The second-order valence-electron chi connectivity index (χ2n) is 6.72. The van der Waals surface area contributed by atoms with Crippen molar-refractivity contribution in [3.05, 3.63) is 46.6 Å². The van der Waals surface area contributed by atoms with Gasteiger partial charge in [0.05, 0.1) is 26.4 Å². The molecule has 3 aliphatic rings. The van der Waals surface area contributed by atoms with E-state index in [1.54, 1.807) is 0 Å². The van der Waals surface area contributed by atoms with Crippen molar-refractivity contribution in [3.8, 4) is 0 Å². The predicted molar refractivity (Wildman–Crippen MR) is 84.3 cm³/mol. The normalized spacial score (nSPS) is 36.9. The Morgan fingerprint density at radius 2 is 0.773 bits per heavy atom. The minimum Gasteiger partial charge on any atom is -0.346 e. The summed E-state index contributed by atoms with van der Waals surface area (Å²) in [4.78, 5) is 0. The average Bonchev–Trinajstić information content (AvgIpc) is 2.65. The third-order valence-electron chi connectivity index (χ3n) is 4.10. The third kappa shape index (κ3) is 3.58. The Labute approximate surface area is 132 Å². The van der Waals surface area contributed by atoms with Crippen molar-refractivity contribution in [2.24, 2.45) is 0 Å². The first kappa shape index (κ1) is 15.7. The van der Waals surface area contributed by atoms with Gasteiger partial charge in [-0.05, 0) is 50.0 Å². The van der Waals surface area contributed by atoms with E-state index in [4.69, 9.17) is 18.9 Å². The molecule has 22 heavy (non-hydrogen) atoms. The van der Waals surface area contributed by atoms with Gasteiger partial charge in [-0.3, -0.25) is 0 Å². The molecular weight excluding hydrogens is 280 g/mol. The largest absolute Gasteiger partial charge is 0.346 e. The maximum Gasteiger partial charge on any atom is 0.163 e. The highest BCUT2D eigenvalue weighted by Crippen LogP contribution is 2.29. The highest BCUT2D eigenvalue weighted by Gasteiger charge is 2.27. The SMILES string of the molecule is CC1(C)OCC2=C/C=C3/COC(C)(C)OC/C3=C/C=C\2CO1. The molecular formula is C18H24O4. The Balaban J connectivity index is 1.90. The fourth-order valence-electron chi connectivity index (χ4n) is 2.48. The second-order valence-corrected chi connectivity index (χ2v) is 6.72. The van der Waals surface area contributed by atoms with E-state index < -0.39 is 11.6 Å². The molecule has 0 N–H and O–H groups in total. The number of fused-ring (bicyclic) bond motifs is 2. The van der Waals surface area contributed by atoms with Crippen molar-refractivity contribution < 1.29 is 18.9 Å². The van der Waals surface area contributed by atoms with E-state index in [-0.39, 0.29) is 0 Å². The molecule has 120 valence electrons. The van der Waals surface area contributed by atoms with Crippen molar-refractivity contribution >= 4 is 0 Å². The monoisotopic (exact) mass is 304 g/mol. The lowest BCUT2D eigenvalue weighted by molar-refractivity contribution is -0.195. The third-order valence-corrected chi connectivity index (χ3v) is 4.10. The van der Waals surface area contributed by atoms with Crippen LogP contribution in [0.4, 0.5) is 0 Å². The zero-order valence-corrected chi connectivity index (χ0v) is 13.8. The lowest BCUT2D eigenvalue weighted by atomic mass is 9.99. The molecule has 0 radical (unpaired) electrons. The standard InChI is InChI=1S/C18H24O4/c1-17(2)19-9-13-5-7-15-11-21-18(3,4)22-12-16(15)8-6-14(13)10-20-17/h5-8H,9-12H2,1-4H3/b7-5?,8-6?,13-5-,14-6-,15-7-,16-8-. The van der Waals surface area contributed by atoms with Gasteiger partial charge >= 0.3 is 0 Å². The first-order chi connectivity index (χ1) is 10.3. The molecule has 4 nitrogen and oxygen atoms in total. The summed E-state index contributed by atoms with van der Waals surface area (Å²) in [6, 6.07) is 0. The highest BCUT2D eigenvalue weighted by molar-refractivity contribution is 5.47. The Hall–Kier alpha value is -1.20. The van der Waals surface area contributed by atoms with E-state index >= 15 is 0 Å². The molecule has 2 heterocycles. The van der Waals surface area contributed by atoms with Crippen LogP contribution in [-0.2, 0) is 18.9 Å². The number of hydrogen-bond acceptors (Lipinski definition) is 4. The smallest absolute Gasteiger partial charge is 0.163 e. The van der Waals surface area contributed by atoms with Crippen LogP contribution in [0.1, 0.15) is 27.7 Å². The fraction of sp³-hybridized carbons (Fsp3) is 0.556. The van der Waals surface area contributed by atoms with Crippen LogP contribution in [0.2, 0.25) is 0 Å². The topological polar surface area (TPSA) is 36.9 Å². The first-order valence-corrected chi connectivity index (χ1v) is 7.71. The van der Waals surface area contributed by atoms with Crippen molar-refractivity contribution in [2.45, 2.75) is 39.3 Å². The molecule has 3 rings (SSSR count). The first-order valence-electron chi connectivity index (χ1n) is 7.71. The Bertz CT molecular complexity index is 476. The highest BCUT2D eigenvalue weighted by atomic mass is 16.7. The van der Waals surface area contributed by atoms with E-state index in [1.807, 2.05) is 27.7 Å². The average molecular weight is 304 g/mol. The Kier molecular flexibility index (Phi) is 4.12. The summed E-state index contributed by atoms with van der Waals surface area (Å²) in [5.74, 6) is -1.10. The summed E-state index contributed by atoms with van der Waals surface area (Å²) in [6.07, 6.45) is 8.45. The van der Waals surface area contributed by atoms with Gasteiger partial charge in [-0.1, -0.05) is 24.3 Å². The number of rotatable bonds is 0. The van der Waals surface area contributed by atoms with Crippen LogP contribution in [0, 0.1) is 0 Å². The van der Waals surface area contributed by atoms with Crippen molar-refractivity contribution in [1.29, 1.82) is 0 Å². The van der Waals surface area contributed by atoms with Gasteiger partial charge < -0.3 is 18.9 Å². The van der Waals surface area contributed by atoms with Crippen molar-refractivity contribution in [3.63, 3.8) is 0 Å². The summed E-state index contributed by atoms with van der Waals surface area (Å²) in [6.45, 7) is 9.97.